The molecule has 0 aliphatic rings. The summed E-state index contributed by atoms with van der Waals surface area (Å²) in [5.41, 5.74) is 2.54. The number of hydrogen-bond donors (Lipinski definition) is 2. The van der Waals surface area contributed by atoms with Gasteiger partial charge in [0, 0.05) is 18.7 Å². The summed E-state index contributed by atoms with van der Waals surface area (Å²) in [5, 5.41) is 9.36. The second-order valence-corrected chi connectivity index (χ2v) is 4.71. The first-order valence-electron chi connectivity index (χ1n) is 5.65. The molecule has 1 heterocycles. The van der Waals surface area contributed by atoms with Crippen molar-refractivity contribution in [2.24, 2.45) is 5.84 Å². The SMILES string of the molecule is CSc1nc(NN)cc(N(CCC#N)C(C)C)n1. The maximum absolute atomic E-state index is 8.70. The second-order valence-electron chi connectivity index (χ2n) is 3.94. The summed E-state index contributed by atoms with van der Waals surface area (Å²) >= 11 is 1.46. The van der Waals surface area contributed by atoms with E-state index in [1.165, 1.54) is 11.8 Å². The molecule has 98 valence electrons. The Morgan fingerprint density at radius 1 is 1.56 bits per heavy atom. The maximum Gasteiger partial charge on any atom is 0.191 e. The molecule has 6 nitrogen and oxygen atoms in total. The molecule has 1 aromatic rings. The number of nitriles is 1. The van der Waals surface area contributed by atoms with Crippen molar-refractivity contribution in [1.29, 1.82) is 5.26 Å². The fraction of sp³-hybridized carbons (Fsp3) is 0.545. The van der Waals surface area contributed by atoms with Crippen molar-refractivity contribution in [1.82, 2.24) is 9.97 Å². The van der Waals surface area contributed by atoms with Gasteiger partial charge in [0.2, 0.25) is 0 Å². The molecule has 0 saturated carbocycles. The zero-order valence-corrected chi connectivity index (χ0v) is 11.7. The zero-order valence-electron chi connectivity index (χ0n) is 10.8. The average molecular weight is 266 g/mol. The average Bonchev–Trinajstić information content (AvgIpc) is 2.38. The van der Waals surface area contributed by atoms with Gasteiger partial charge in [-0.3, -0.25) is 0 Å². The molecule has 0 spiro atoms. The van der Waals surface area contributed by atoms with Crippen LogP contribution in [-0.2, 0) is 0 Å². The number of anilines is 2. The van der Waals surface area contributed by atoms with E-state index in [0.29, 0.717) is 23.9 Å². The fourth-order valence-electron chi connectivity index (χ4n) is 1.53. The van der Waals surface area contributed by atoms with Crippen molar-refractivity contribution in [3.05, 3.63) is 6.07 Å². The first-order chi connectivity index (χ1) is 8.62. The Hall–Kier alpha value is -1.52. The molecule has 18 heavy (non-hydrogen) atoms. The van der Waals surface area contributed by atoms with Crippen LogP contribution in [0.1, 0.15) is 20.3 Å². The summed E-state index contributed by atoms with van der Waals surface area (Å²) < 4.78 is 0. The molecule has 1 aromatic heterocycles. The summed E-state index contributed by atoms with van der Waals surface area (Å²) in [4.78, 5) is 10.7. The topological polar surface area (TPSA) is 90.9 Å². The third-order valence-corrected chi connectivity index (χ3v) is 2.95. The van der Waals surface area contributed by atoms with Gasteiger partial charge in [0.1, 0.15) is 11.6 Å². The predicted octanol–water partition coefficient (Wildman–Crippen LogP) is 1.61. The number of nitrogens with one attached hydrogen (secondary N) is 1. The van der Waals surface area contributed by atoms with E-state index in [2.05, 4.69) is 40.2 Å². The van der Waals surface area contributed by atoms with Crippen LogP contribution in [0.15, 0.2) is 11.2 Å². The lowest BCUT2D eigenvalue weighted by Gasteiger charge is -2.27. The number of thioether (sulfide) groups is 1. The standard InChI is InChI=1S/C11H18N6S/c1-8(2)17(6-4-5-12)10-7-9(16-13)14-11(15-10)18-3/h7-8H,4,6,13H2,1-3H3,(H,14,15,16). The summed E-state index contributed by atoms with van der Waals surface area (Å²) in [6, 6.07) is 4.20. The van der Waals surface area contributed by atoms with Gasteiger partial charge < -0.3 is 10.3 Å². The third-order valence-electron chi connectivity index (χ3n) is 2.40. The molecule has 0 radical (unpaired) electrons. The second kappa shape index (κ2) is 7.03. The quantitative estimate of drug-likeness (QED) is 0.350. The van der Waals surface area contributed by atoms with Gasteiger partial charge in [-0.2, -0.15) is 5.26 Å². The van der Waals surface area contributed by atoms with Gasteiger partial charge in [0.15, 0.2) is 5.16 Å². The Labute approximate surface area is 112 Å². The molecular formula is C11H18N6S. The number of aromatic nitrogens is 2. The molecule has 0 fully saturated rings. The molecule has 0 bridgehead atoms. The van der Waals surface area contributed by atoms with E-state index >= 15 is 0 Å². The van der Waals surface area contributed by atoms with Gasteiger partial charge in [-0.05, 0) is 20.1 Å². The monoisotopic (exact) mass is 266 g/mol. The van der Waals surface area contributed by atoms with E-state index in [1.807, 2.05) is 6.26 Å². The van der Waals surface area contributed by atoms with E-state index in [1.54, 1.807) is 6.07 Å². The Morgan fingerprint density at radius 2 is 2.28 bits per heavy atom. The van der Waals surface area contributed by atoms with Crippen LogP contribution in [-0.4, -0.2) is 28.8 Å². The Bertz CT molecular complexity index is 406. The molecule has 0 aliphatic heterocycles. The lowest BCUT2D eigenvalue weighted by atomic mass is 10.3. The number of nitrogens with zero attached hydrogens (tertiary/aromatic N) is 4. The summed E-state index contributed by atoms with van der Waals surface area (Å²) in [5.74, 6) is 6.76. The van der Waals surface area contributed by atoms with Crippen molar-refractivity contribution < 1.29 is 0 Å². The van der Waals surface area contributed by atoms with E-state index in [-0.39, 0.29) is 6.04 Å². The van der Waals surface area contributed by atoms with Crippen LogP contribution in [0.25, 0.3) is 0 Å². The van der Waals surface area contributed by atoms with Crippen molar-refractivity contribution >= 4 is 23.4 Å². The van der Waals surface area contributed by atoms with Crippen LogP contribution in [0.5, 0.6) is 0 Å². The number of nitrogen functional groups attached to an aromatic ring is 1. The minimum Gasteiger partial charge on any atom is -0.353 e. The Balaban J connectivity index is 3.06. The van der Waals surface area contributed by atoms with Crippen LogP contribution in [0, 0.1) is 11.3 Å². The van der Waals surface area contributed by atoms with Gasteiger partial charge in [-0.15, -0.1) is 0 Å². The highest BCUT2D eigenvalue weighted by Crippen LogP contribution is 2.21. The van der Waals surface area contributed by atoms with Crippen LogP contribution >= 0.6 is 11.8 Å². The summed E-state index contributed by atoms with van der Waals surface area (Å²) in [6.07, 6.45) is 2.37. The lowest BCUT2D eigenvalue weighted by Crippen LogP contribution is -2.32. The zero-order chi connectivity index (χ0) is 13.5. The Morgan fingerprint density at radius 3 is 2.78 bits per heavy atom. The fourth-order valence-corrected chi connectivity index (χ4v) is 1.91. The van der Waals surface area contributed by atoms with Crippen LogP contribution in [0.4, 0.5) is 11.6 Å². The Kier molecular flexibility index (Phi) is 5.68. The largest absolute Gasteiger partial charge is 0.353 e. The molecule has 3 N–H and O–H groups in total. The summed E-state index contributed by atoms with van der Waals surface area (Å²) in [6.45, 7) is 4.77. The minimum absolute atomic E-state index is 0.258. The van der Waals surface area contributed by atoms with Crippen LogP contribution in [0.3, 0.4) is 0 Å². The van der Waals surface area contributed by atoms with Gasteiger partial charge in [0.25, 0.3) is 0 Å². The molecule has 0 atom stereocenters. The van der Waals surface area contributed by atoms with Crippen molar-refractivity contribution in [3.63, 3.8) is 0 Å². The first kappa shape index (κ1) is 14.5. The summed E-state index contributed by atoms with van der Waals surface area (Å²) in [7, 11) is 0. The number of hydrogen-bond acceptors (Lipinski definition) is 7. The van der Waals surface area contributed by atoms with Gasteiger partial charge in [0.05, 0.1) is 12.5 Å². The number of rotatable bonds is 6. The molecular weight excluding hydrogens is 248 g/mol. The molecule has 0 aromatic carbocycles. The van der Waals surface area contributed by atoms with Gasteiger partial charge >= 0.3 is 0 Å². The van der Waals surface area contributed by atoms with Crippen molar-refractivity contribution in [2.45, 2.75) is 31.5 Å². The van der Waals surface area contributed by atoms with E-state index in [9.17, 15) is 0 Å². The van der Waals surface area contributed by atoms with Crippen LogP contribution < -0.4 is 16.2 Å². The lowest BCUT2D eigenvalue weighted by molar-refractivity contribution is 0.670. The normalized spacial score (nSPS) is 10.2. The molecule has 0 saturated heterocycles. The van der Waals surface area contributed by atoms with E-state index < -0.39 is 0 Å². The number of nitrogens with two attached hydrogens (primary N) is 1. The van der Waals surface area contributed by atoms with Gasteiger partial charge in [-0.25, -0.2) is 15.8 Å². The smallest absolute Gasteiger partial charge is 0.191 e. The molecule has 0 unspecified atom stereocenters. The molecule has 7 heteroatoms. The highest BCUT2D eigenvalue weighted by Gasteiger charge is 2.14. The highest BCUT2D eigenvalue weighted by molar-refractivity contribution is 7.98. The van der Waals surface area contributed by atoms with E-state index in [0.717, 1.165) is 5.82 Å². The predicted molar refractivity (Wildman–Crippen MR) is 74.3 cm³/mol. The van der Waals surface area contributed by atoms with Crippen LogP contribution in [0.2, 0.25) is 0 Å². The third kappa shape index (κ3) is 3.75. The molecule has 0 amide bonds. The molecule has 1 rings (SSSR count). The highest BCUT2D eigenvalue weighted by atomic mass is 32.2. The van der Waals surface area contributed by atoms with Gasteiger partial charge in [-0.1, -0.05) is 11.8 Å². The maximum atomic E-state index is 8.70. The number of hydrazine groups is 1. The minimum atomic E-state index is 0.258. The van der Waals surface area contributed by atoms with Crippen molar-refractivity contribution in [2.75, 3.05) is 23.1 Å². The van der Waals surface area contributed by atoms with E-state index in [4.69, 9.17) is 11.1 Å². The first-order valence-corrected chi connectivity index (χ1v) is 6.88. The van der Waals surface area contributed by atoms with Crippen molar-refractivity contribution in [3.8, 4) is 6.07 Å². The molecule has 0 aliphatic carbocycles.